The standard InChI is InChI=1S/C17H21ClOSi/c1-17(2,3)20(19-14-18,15-10-6-4-7-11-15)16-12-8-5-9-13-16/h4-13H,14H2,1-3H3. The number of hydrogen-bond donors (Lipinski definition) is 0. The molecule has 106 valence electrons. The molecule has 0 unspecified atom stereocenters. The maximum atomic E-state index is 6.27. The fraction of sp³-hybridized carbons (Fsp3) is 0.294. The zero-order valence-electron chi connectivity index (χ0n) is 12.3. The molecule has 0 aromatic heterocycles. The Morgan fingerprint density at radius 3 is 1.55 bits per heavy atom. The van der Waals surface area contributed by atoms with E-state index in [1.165, 1.54) is 10.4 Å². The van der Waals surface area contributed by atoms with Gasteiger partial charge in [-0.3, -0.25) is 0 Å². The molecule has 0 saturated carbocycles. The molecule has 0 N–H and O–H groups in total. The topological polar surface area (TPSA) is 9.23 Å². The van der Waals surface area contributed by atoms with Gasteiger partial charge in [0.2, 0.25) is 0 Å². The van der Waals surface area contributed by atoms with Crippen molar-refractivity contribution in [2.45, 2.75) is 25.8 Å². The molecule has 20 heavy (non-hydrogen) atoms. The van der Waals surface area contributed by atoms with Gasteiger partial charge in [-0.1, -0.05) is 93.0 Å². The average molecular weight is 305 g/mol. The van der Waals surface area contributed by atoms with Crippen LogP contribution in [0.25, 0.3) is 0 Å². The average Bonchev–Trinajstić information content (AvgIpc) is 2.45. The molecule has 0 atom stereocenters. The molecule has 0 amide bonds. The van der Waals surface area contributed by atoms with Gasteiger partial charge in [-0.15, -0.1) is 0 Å². The largest absolute Gasteiger partial charge is 0.394 e. The first-order valence-electron chi connectivity index (χ1n) is 6.83. The monoisotopic (exact) mass is 304 g/mol. The molecular weight excluding hydrogens is 284 g/mol. The van der Waals surface area contributed by atoms with Crippen LogP contribution in [-0.4, -0.2) is 14.4 Å². The Kier molecular flexibility index (Phi) is 4.69. The third kappa shape index (κ3) is 2.69. The summed E-state index contributed by atoms with van der Waals surface area (Å²) in [7, 11) is -2.38. The van der Waals surface area contributed by atoms with Crippen LogP contribution in [0.1, 0.15) is 20.8 Å². The Labute approximate surface area is 127 Å². The molecule has 2 aromatic carbocycles. The van der Waals surface area contributed by atoms with E-state index in [4.69, 9.17) is 16.0 Å². The van der Waals surface area contributed by atoms with Crippen LogP contribution >= 0.6 is 11.6 Å². The fourth-order valence-electron chi connectivity index (χ4n) is 2.84. The summed E-state index contributed by atoms with van der Waals surface area (Å²) in [4.78, 5) is 0. The van der Waals surface area contributed by atoms with Gasteiger partial charge in [0.05, 0.1) is 0 Å². The smallest absolute Gasteiger partial charge is 0.262 e. The van der Waals surface area contributed by atoms with Crippen LogP contribution in [0.2, 0.25) is 5.04 Å². The van der Waals surface area contributed by atoms with Crippen molar-refractivity contribution >= 4 is 30.3 Å². The lowest BCUT2D eigenvalue weighted by atomic mass is 10.2. The summed E-state index contributed by atoms with van der Waals surface area (Å²) in [5.74, 6) is 0. The maximum Gasteiger partial charge on any atom is 0.262 e. The van der Waals surface area contributed by atoms with Crippen molar-refractivity contribution in [3.05, 3.63) is 60.7 Å². The van der Waals surface area contributed by atoms with Gasteiger partial charge in [0.15, 0.2) is 0 Å². The summed E-state index contributed by atoms with van der Waals surface area (Å²) >= 11 is 6.00. The van der Waals surface area contributed by atoms with E-state index in [1.54, 1.807) is 0 Å². The van der Waals surface area contributed by atoms with Crippen molar-refractivity contribution < 1.29 is 4.43 Å². The van der Waals surface area contributed by atoms with Crippen molar-refractivity contribution in [1.82, 2.24) is 0 Å². The van der Waals surface area contributed by atoms with E-state index in [-0.39, 0.29) is 11.1 Å². The normalized spacial score (nSPS) is 12.4. The highest BCUT2D eigenvalue weighted by molar-refractivity contribution is 6.99. The third-order valence-electron chi connectivity index (χ3n) is 3.69. The Hall–Kier alpha value is -1.09. The number of alkyl halides is 1. The van der Waals surface area contributed by atoms with Crippen molar-refractivity contribution in [3.8, 4) is 0 Å². The molecule has 0 saturated heterocycles. The first-order valence-corrected chi connectivity index (χ1v) is 9.27. The van der Waals surface area contributed by atoms with Crippen LogP contribution < -0.4 is 10.4 Å². The summed E-state index contributed by atoms with van der Waals surface area (Å²) in [5, 5.41) is 2.53. The fourth-order valence-corrected chi connectivity index (χ4v) is 7.65. The minimum atomic E-state index is -2.38. The van der Waals surface area contributed by atoms with E-state index in [9.17, 15) is 0 Å². The second kappa shape index (κ2) is 6.13. The van der Waals surface area contributed by atoms with Crippen molar-refractivity contribution in [1.29, 1.82) is 0 Å². The Morgan fingerprint density at radius 1 is 0.850 bits per heavy atom. The number of benzene rings is 2. The highest BCUT2D eigenvalue weighted by atomic mass is 35.5. The molecule has 0 aliphatic rings. The molecule has 0 spiro atoms. The van der Waals surface area contributed by atoms with E-state index in [1.807, 2.05) is 12.1 Å². The molecule has 0 aliphatic carbocycles. The summed E-state index contributed by atoms with van der Waals surface area (Å²) in [6.07, 6.45) is 0. The van der Waals surface area contributed by atoms with Crippen LogP contribution in [0.3, 0.4) is 0 Å². The van der Waals surface area contributed by atoms with Crippen LogP contribution in [0, 0.1) is 0 Å². The van der Waals surface area contributed by atoms with Gasteiger partial charge in [0.25, 0.3) is 8.32 Å². The molecule has 3 heteroatoms. The number of rotatable bonds is 4. The molecule has 0 bridgehead atoms. The van der Waals surface area contributed by atoms with E-state index >= 15 is 0 Å². The summed E-state index contributed by atoms with van der Waals surface area (Å²) < 4.78 is 6.27. The minimum absolute atomic E-state index is 0.00456. The van der Waals surface area contributed by atoms with Gasteiger partial charge < -0.3 is 4.43 Å². The van der Waals surface area contributed by atoms with Crippen molar-refractivity contribution in [3.63, 3.8) is 0 Å². The molecule has 1 nitrogen and oxygen atoms in total. The predicted octanol–water partition coefficient (Wildman–Crippen LogP) is 3.76. The van der Waals surface area contributed by atoms with Crippen molar-refractivity contribution in [2.24, 2.45) is 0 Å². The Bertz CT molecular complexity index is 494. The Morgan fingerprint density at radius 2 is 1.25 bits per heavy atom. The maximum absolute atomic E-state index is 6.27. The van der Waals surface area contributed by atoms with Crippen LogP contribution in [0.15, 0.2) is 60.7 Å². The third-order valence-corrected chi connectivity index (χ3v) is 8.96. The van der Waals surface area contributed by atoms with Gasteiger partial charge in [-0.25, -0.2) is 0 Å². The van der Waals surface area contributed by atoms with Gasteiger partial charge >= 0.3 is 0 Å². The van der Waals surface area contributed by atoms with E-state index in [0.29, 0.717) is 0 Å². The SMILES string of the molecule is CC(C)(C)[Si](OCCl)(c1ccccc1)c1ccccc1. The second-order valence-electron chi connectivity index (χ2n) is 5.92. The number of halogens is 1. The molecule has 0 fully saturated rings. The highest BCUT2D eigenvalue weighted by Crippen LogP contribution is 2.36. The van der Waals surface area contributed by atoms with Crippen LogP contribution in [0.4, 0.5) is 0 Å². The van der Waals surface area contributed by atoms with Crippen molar-refractivity contribution in [2.75, 3.05) is 6.07 Å². The van der Waals surface area contributed by atoms with Gasteiger partial charge in [-0.05, 0) is 15.4 Å². The molecular formula is C17H21ClOSi. The predicted molar refractivity (Wildman–Crippen MR) is 89.4 cm³/mol. The van der Waals surface area contributed by atoms with Gasteiger partial charge in [0, 0.05) is 0 Å². The second-order valence-corrected chi connectivity index (χ2v) is 10.4. The quantitative estimate of drug-likeness (QED) is 0.617. The molecule has 0 radical (unpaired) electrons. The van der Waals surface area contributed by atoms with Crippen LogP contribution in [0.5, 0.6) is 0 Å². The molecule has 2 aromatic rings. The summed E-state index contributed by atoms with van der Waals surface area (Å²) in [5.41, 5.74) is 0. The van der Waals surface area contributed by atoms with Gasteiger partial charge in [0.1, 0.15) is 6.07 Å². The zero-order chi connectivity index (χ0) is 14.6. The van der Waals surface area contributed by atoms with Gasteiger partial charge in [-0.2, -0.15) is 0 Å². The molecule has 0 aliphatic heterocycles. The minimum Gasteiger partial charge on any atom is -0.394 e. The highest BCUT2D eigenvalue weighted by Gasteiger charge is 2.49. The zero-order valence-corrected chi connectivity index (χ0v) is 14.0. The molecule has 2 rings (SSSR count). The lowest BCUT2D eigenvalue weighted by molar-refractivity contribution is 0.362. The Balaban J connectivity index is 2.70. The first-order chi connectivity index (χ1) is 9.52. The summed E-state index contributed by atoms with van der Waals surface area (Å²) in [6, 6.07) is 21.2. The first kappa shape index (κ1) is 15.3. The molecule has 0 heterocycles. The lowest BCUT2D eigenvalue weighted by Gasteiger charge is -2.42. The van der Waals surface area contributed by atoms with E-state index < -0.39 is 8.32 Å². The lowest BCUT2D eigenvalue weighted by Crippen LogP contribution is -2.66. The summed E-state index contributed by atoms with van der Waals surface area (Å²) in [6.45, 7) is 6.73. The number of hydrogen-bond acceptors (Lipinski definition) is 1. The van der Waals surface area contributed by atoms with E-state index in [2.05, 4.69) is 69.3 Å². The van der Waals surface area contributed by atoms with E-state index in [0.717, 1.165) is 0 Å². The van der Waals surface area contributed by atoms with Crippen LogP contribution in [-0.2, 0) is 4.43 Å².